The Morgan fingerprint density at radius 3 is 1.39 bits per heavy atom. The lowest BCUT2D eigenvalue weighted by atomic mass is 9.95. The zero-order valence-corrected chi connectivity index (χ0v) is 29.9. The number of hydrogen-bond acceptors (Lipinski definition) is 0. The molecule has 0 N–H and O–H groups in total. The number of rotatable bonds is 6. The Labute approximate surface area is 339 Å². The van der Waals surface area contributed by atoms with Crippen LogP contribution in [0.2, 0.25) is 0 Å². The second kappa shape index (κ2) is 13.2. The highest BCUT2D eigenvalue weighted by Gasteiger charge is 2.23. The fraction of sp³-hybridized carbons (Fsp3) is 0. The summed E-state index contributed by atoms with van der Waals surface area (Å²) >= 11 is 0. The first-order valence-corrected chi connectivity index (χ1v) is 18.5. The van der Waals surface area contributed by atoms with E-state index in [1.165, 1.54) is 0 Å². The van der Waals surface area contributed by atoms with E-state index in [1.54, 1.807) is 6.07 Å². The molecular formula is C54H36N2. The third kappa shape index (κ3) is 5.04. The number of fused-ring (bicyclic) bond motifs is 6. The van der Waals surface area contributed by atoms with Crippen molar-refractivity contribution in [2.24, 2.45) is 0 Å². The predicted molar refractivity (Wildman–Crippen MR) is 237 cm³/mol. The van der Waals surface area contributed by atoms with Gasteiger partial charge in [-0.2, -0.15) is 0 Å². The van der Waals surface area contributed by atoms with Crippen molar-refractivity contribution in [3.05, 3.63) is 218 Å². The molecule has 0 radical (unpaired) electrons. The molecule has 56 heavy (non-hydrogen) atoms. The van der Waals surface area contributed by atoms with Crippen LogP contribution < -0.4 is 0 Å². The Morgan fingerprint density at radius 1 is 0.321 bits per heavy atom. The highest BCUT2D eigenvalue weighted by atomic mass is 15.0. The van der Waals surface area contributed by atoms with Crippen molar-refractivity contribution >= 4 is 43.6 Å². The largest absolute Gasteiger partial charge is 0.309 e. The van der Waals surface area contributed by atoms with Crippen molar-refractivity contribution < 1.29 is 13.7 Å². The summed E-state index contributed by atoms with van der Waals surface area (Å²) in [5.74, 6) is 0. The Hall–Kier alpha value is -7.42. The molecule has 0 saturated heterocycles. The van der Waals surface area contributed by atoms with Crippen molar-refractivity contribution in [3.8, 4) is 55.9 Å². The minimum atomic E-state index is -0.468. The molecule has 0 fully saturated rings. The smallest absolute Gasteiger partial charge is 0.0629 e. The second-order valence-corrected chi connectivity index (χ2v) is 13.7. The second-order valence-electron chi connectivity index (χ2n) is 13.7. The van der Waals surface area contributed by atoms with Gasteiger partial charge in [-0.25, -0.2) is 0 Å². The van der Waals surface area contributed by atoms with Gasteiger partial charge in [0.2, 0.25) is 0 Å². The minimum Gasteiger partial charge on any atom is -0.309 e. The molecule has 0 amide bonds. The monoisotopic (exact) mass is 722 g/mol. The van der Waals surface area contributed by atoms with Crippen molar-refractivity contribution in [1.29, 1.82) is 0 Å². The van der Waals surface area contributed by atoms with Gasteiger partial charge in [0, 0.05) is 38.4 Å². The molecule has 0 atom stereocenters. The molecule has 0 saturated carbocycles. The van der Waals surface area contributed by atoms with Gasteiger partial charge >= 0.3 is 0 Å². The fourth-order valence-corrected chi connectivity index (χ4v) is 8.41. The molecule has 2 aromatic heterocycles. The van der Waals surface area contributed by atoms with Gasteiger partial charge < -0.3 is 9.13 Å². The first-order valence-electron chi connectivity index (χ1n) is 23.5. The SMILES string of the molecule is [2H]c1c([2H])c([2H])c(-c2cccc3c2c2ccccc2n3-c2ccc3c(c2)c2c(-c4c([2H])c([2H])c([2H])c([2H])c4[2H])cccc2n3-c2c(-c3ccccc3)cccc2-c2ccccc2)c([2H])c1[2H]. The number of para-hydroxylation sites is 2. The number of hydrogen-bond donors (Lipinski definition) is 0. The quantitative estimate of drug-likeness (QED) is 0.162. The zero-order chi connectivity index (χ0) is 45.7. The van der Waals surface area contributed by atoms with E-state index in [-0.39, 0.29) is 35.3 Å². The van der Waals surface area contributed by atoms with Gasteiger partial charge in [0.05, 0.1) is 41.5 Å². The predicted octanol–water partition coefficient (Wildman–Crippen LogP) is 14.5. The van der Waals surface area contributed by atoms with Crippen LogP contribution >= 0.6 is 0 Å². The standard InChI is InChI=1S/C54H36N2/c1-5-18-37(19-6-1)42-27-16-32-50-52(42)46-26-13-14-31-48(46)55(50)41-34-35-49-47(36-41)53-43(38-20-7-2-8-21-38)28-17-33-51(53)56(49)54-44(39-22-9-3-10-23-39)29-15-30-45(54)40-24-11-4-12-25-40/h1-36H/i1D,2D,5D,6D,7D,8D,18D,19D,20D,21D. The summed E-state index contributed by atoms with van der Waals surface area (Å²) in [4.78, 5) is 0. The molecule has 0 aliphatic rings. The molecule has 0 bridgehead atoms. The van der Waals surface area contributed by atoms with Crippen molar-refractivity contribution in [2.45, 2.75) is 0 Å². The van der Waals surface area contributed by atoms with E-state index >= 15 is 0 Å². The summed E-state index contributed by atoms with van der Waals surface area (Å²) in [5, 5.41) is 3.00. The number of aromatic nitrogens is 2. The first-order chi connectivity index (χ1) is 32.0. The van der Waals surface area contributed by atoms with E-state index in [1.807, 2.05) is 97.1 Å². The van der Waals surface area contributed by atoms with E-state index in [9.17, 15) is 2.74 Å². The zero-order valence-electron chi connectivity index (χ0n) is 39.9. The van der Waals surface area contributed by atoms with E-state index in [2.05, 4.69) is 63.7 Å². The van der Waals surface area contributed by atoms with Crippen LogP contribution in [0, 0.1) is 0 Å². The highest BCUT2D eigenvalue weighted by Crippen LogP contribution is 2.45. The van der Waals surface area contributed by atoms with Gasteiger partial charge in [-0.3, -0.25) is 0 Å². The molecule has 11 aromatic rings. The van der Waals surface area contributed by atoms with Crippen LogP contribution in [0.25, 0.3) is 99.5 Å². The normalized spacial score (nSPS) is 14.1. The summed E-state index contributed by atoms with van der Waals surface area (Å²) < 4.78 is 91.6. The molecule has 0 aliphatic heterocycles. The molecule has 0 spiro atoms. The maximum absolute atomic E-state index is 9.17. The van der Waals surface area contributed by atoms with Gasteiger partial charge in [0.1, 0.15) is 0 Å². The van der Waals surface area contributed by atoms with E-state index < -0.39 is 36.3 Å². The number of benzene rings is 9. The lowest BCUT2D eigenvalue weighted by molar-refractivity contribution is 1.17. The average molecular weight is 723 g/mol. The van der Waals surface area contributed by atoms with E-state index in [4.69, 9.17) is 11.0 Å². The van der Waals surface area contributed by atoms with Crippen LogP contribution in [0.4, 0.5) is 0 Å². The molecule has 0 unspecified atom stereocenters. The molecule has 2 heteroatoms. The van der Waals surface area contributed by atoms with Gasteiger partial charge in [-0.05, 0) is 69.8 Å². The van der Waals surface area contributed by atoms with Crippen LogP contribution in [0.5, 0.6) is 0 Å². The van der Waals surface area contributed by atoms with Crippen molar-refractivity contribution in [3.63, 3.8) is 0 Å². The Bertz CT molecular complexity index is 3700. The molecule has 0 aliphatic carbocycles. The molecule has 262 valence electrons. The topological polar surface area (TPSA) is 9.86 Å². The van der Waals surface area contributed by atoms with Crippen LogP contribution in [-0.4, -0.2) is 9.13 Å². The molecule has 2 nitrogen and oxygen atoms in total. The first kappa shape index (κ1) is 23.4. The molecule has 2 heterocycles. The van der Waals surface area contributed by atoms with Crippen LogP contribution in [0.15, 0.2) is 218 Å². The van der Waals surface area contributed by atoms with Crippen molar-refractivity contribution in [2.75, 3.05) is 0 Å². The lowest BCUT2D eigenvalue weighted by Gasteiger charge is -2.19. The lowest BCUT2D eigenvalue weighted by Crippen LogP contribution is -2.01. The Kier molecular flexibility index (Phi) is 5.49. The van der Waals surface area contributed by atoms with Crippen LogP contribution in [0.1, 0.15) is 13.7 Å². The minimum absolute atomic E-state index is 0.0933. The van der Waals surface area contributed by atoms with Crippen LogP contribution in [0.3, 0.4) is 0 Å². The van der Waals surface area contributed by atoms with Crippen LogP contribution in [-0.2, 0) is 0 Å². The number of nitrogens with zero attached hydrogens (tertiary/aromatic N) is 2. The third-order valence-corrected chi connectivity index (χ3v) is 10.7. The third-order valence-electron chi connectivity index (χ3n) is 10.7. The van der Waals surface area contributed by atoms with E-state index in [0.717, 1.165) is 71.9 Å². The van der Waals surface area contributed by atoms with Gasteiger partial charge in [-0.15, -0.1) is 0 Å². The fourth-order valence-electron chi connectivity index (χ4n) is 8.41. The summed E-state index contributed by atoms with van der Waals surface area (Å²) in [6, 6.07) is 48.1. The summed E-state index contributed by atoms with van der Waals surface area (Å²) in [7, 11) is 0. The Balaban J connectivity index is 1.29. The maximum Gasteiger partial charge on any atom is 0.0629 e. The molecular weight excluding hydrogens is 677 g/mol. The van der Waals surface area contributed by atoms with Gasteiger partial charge in [-0.1, -0.05) is 182 Å². The summed E-state index contributed by atoms with van der Waals surface area (Å²) in [6.07, 6.45) is 0. The van der Waals surface area contributed by atoms with Gasteiger partial charge in [0.25, 0.3) is 0 Å². The average Bonchev–Trinajstić information content (AvgIpc) is 3.87. The summed E-state index contributed by atoms with van der Waals surface area (Å²) in [5.41, 5.74) is 9.93. The molecule has 11 rings (SSSR count). The van der Waals surface area contributed by atoms with Crippen molar-refractivity contribution in [1.82, 2.24) is 9.13 Å². The summed E-state index contributed by atoms with van der Waals surface area (Å²) in [6.45, 7) is 0. The van der Waals surface area contributed by atoms with E-state index in [0.29, 0.717) is 16.5 Å². The Morgan fingerprint density at radius 2 is 0.786 bits per heavy atom. The highest BCUT2D eigenvalue weighted by molar-refractivity contribution is 6.19. The molecule has 9 aromatic carbocycles. The van der Waals surface area contributed by atoms with Gasteiger partial charge in [0.15, 0.2) is 0 Å². The maximum atomic E-state index is 9.17.